The molecule has 3 heterocycles. The minimum absolute atomic E-state index is 0.147. The second-order valence-electron chi connectivity index (χ2n) is 25.8. The molecule has 3 heteroatoms. The summed E-state index contributed by atoms with van der Waals surface area (Å²) in [5.41, 5.74) is 12.6. The van der Waals surface area contributed by atoms with Crippen molar-refractivity contribution in [3.8, 4) is 77.9 Å². The molecule has 19 aromatic carbocycles. The maximum Gasteiger partial charge on any atom is 0.143 e. The second-order valence-corrected chi connectivity index (χ2v) is 25.8. The molecule has 0 saturated heterocycles. The van der Waals surface area contributed by atoms with E-state index in [9.17, 15) is 11.0 Å². The van der Waals surface area contributed by atoms with Crippen LogP contribution >= 0.6 is 0 Å². The van der Waals surface area contributed by atoms with E-state index in [1.54, 1.807) is 0 Å². The molecular formula is C100H60O3. The number of furan rings is 3. The molecule has 0 unspecified atom stereocenters. The van der Waals surface area contributed by atoms with Crippen molar-refractivity contribution in [3.63, 3.8) is 0 Å². The van der Waals surface area contributed by atoms with Gasteiger partial charge in [0.1, 0.15) is 33.5 Å². The first kappa shape index (κ1) is 44.4. The summed E-state index contributed by atoms with van der Waals surface area (Å²) >= 11 is 0. The number of benzene rings is 19. The van der Waals surface area contributed by atoms with Crippen molar-refractivity contribution in [3.05, 3.63) is 364 Å². The highest BCUT2D eigenvalue weighted by Gasteiger charge is 2.27. The molecule has 0 aliphatic carbocycles. The molecule has 22 rings (SSSR count). The third kappa shape index (κ3) is 9.09. The number of para-hydroxylation sites is 3. The molecule has 3 aromatic heterocycles. The van der Waals surface area contributed by atoms with Crippen LogP contribution in [0.3, 0.4) is 0 Å². The summed E-state index contributed by atoms with van der Waals surface area (Å²) in [6, 6.07) is 79.9. The third-order valence-electron chi connectivity index (χ3n) is 20.5. The van der Waals surface area contributed by atoms with Gasteiger partial charge in [0.15, 0.2) is 0 Å². The van der Waals surface area contributed by atoms with Crippen molar-refractivity contribution in [2.45, 2.75) is 0 Å². The largest absolute Gasteiger partial charge is 0.456 e. The van der Waals surface area contributed by atoms with Crippen molar-refractivity contribution >= 4 is 141 Å². The van der Waals surface area contributed by atoms with Gasteiger partial charge in [-0.1, -0.05) is 327 Å². The Morgan fingerprint density at radius 3 is 0.942 bits per heavy atom. The summed E-state index contributed by atoms with van der Waals surface area (Å²) in [6.45, 7) is 0. The van der Waals surface area contributed by atoms with E-state index in [0.29, 0.717) is 72.1 Å². The highest BCUT2D eigenvalue weighted by atomic mass is 16.3. The molecule has 0 aliphatic heterocycles. The molecule has 3 nitrogen and oxygen atoms in total. The standard InChI is InChI=1S/C52H32O.C48H28O2/c1-2-15-33(16-3-1)36-29-30-39(38-21-7-6-20-37(36)38)45-31-32-47(51-46-26-12-13-28-48(46)53-52(45)51)50-43-24-10-8-22-41(43)49(42-23-9-11-25-44(42)50)40-27-14-18-34-17-4-5-19-35(34)40;1-2-15-30-29(13-1)14-11-22-31(30)44-32-16-3-5-18-34(32)45(35-19-6-4-17-33(35)44)40-28-27-37(48-47(40)39-21-8-10-25-42(39)50-48)36-23-12-26-43-46(36)38-20-7-9-24-41(38)49-43/h1-32H;1-28H/i8D,9D,10D,11D,22D,23D,24D,25D;3D,4D,5D,6D,16D,17D,18D,19D. The first-order chi connectivity index (χ1) is 57.8. The summed E-state index contributed by atoms with van der Waals surface area (Å²) in [4.78, 5) is 0. The first-order valence-corrected chi connectivity index (χ1v) is 34.1. The van der Waals surface area contributed by atoms with Crippen LogP contribution in [0.4, 0.5) is 0 Å². The van der Waals surface area contributed by atoms with Crippen LogP contribution in [-0.4, -0.2) is 0 Å². The van der Waals surface area contributed by atoms with Gasteiger partial charge in [-0.3, -0.25) is 0 Å². The minimum atomic E-state index is -0.453. The SMILES string of the molecule is [2H]c1c([2H])c([2H])c2c(-c3ccc(-c4ccc(-c5ccccc5)c5ccccc45)c4oc5ccccc5c34)c3c([2H])c([2H])c([2H])c([2H])c3c(-c3cccc4ccccc34)c2c1[2H].[2H]c1c([2H])c([2H])c2c(-c3ccc(-c4cccc5oc6ccccc6c45)c4oc5ccccc5c34)c3c([2H])c([2H])c([2H])c([2H])c3c(-c3cccc4ccccc34)c2c1[2H]. The van der Waals surface area contributed by atoms with E-state index in [1.165, 1.54) is 0 Å². The van der Waals surface area contributed by atoms with E-state index in [-0.39, 0.29) is 103 Å². The Kier molecular flexibility index (Phi) is 10.1. The number of fused-ring (bicyclic) bond motifs is 16. The predicted molar refractivity (Wildman–Crippen MR) is 435 cm³/mol. The van der Waals surface area contributed by atoms with Crippen LogP contribution in [0.1, 0.15) is 21.9 Å². The van der Waals surface area contributed by atoms with Gasteiger partial charge < -0.3 is 13.3 Å². The van der Waals surface area contributed by atoms with Crippen LogP contribution in [0.2, 0.25) is 0 Å². The summed E-state index contributed by atoms with van der Waals surface area (Å²) in [6.07, 6.45) is 0. The lowest BCUT2D eigenvalue weighted by Crippen LogP contribution is -1.93. The summed E-state index contributed by atoms with van der Waals surface area (Å²) < 4.78 is 168. The van der Waals surface area contributed by atoms with Crippen molar-refractivity contribution in [2.24, 2.45) is 0 Å². The minimum Gasteiger partial charge on any atom is -0.456 e. The molecule has 0 aliphatic rings. The molecule has 0 spiro atoms. The Morgan fingerprint density at radius 2 is 0.476 bits per heavy atom. The molecule has 22 aromatic rings. The van der Waals surface area contributed by atoms with Gasteiger partial charge in [-0.05, 0) is 179 Å². The van der Waals surface area contributed by atoms with E-state index in [1.807, 2.05) is 231 Å². The smallest absolute Gasteiger partial charge is 0.143 e. The number of rotatable bonds is 7. The summed E-state index contributed by atoms with van der Waals surface area (Å²) in [7, 11) is 0. The molecular weight excluding hydrogens is 1250 g/mol. The lowest BCUT2D eigenvalue weighted by Gasteiger charge is -2.20. The highest BCUT2D eigenvalue weighted by Crippen LogP contribution is 2.53. The Morgan fingerprint density at radius 1 is 0.175 bits per heavy atom. The molecule has 0 bridgehead atoms. The lowest BCUT2D eigenvalue weighted by atomic mass is 9.83. The molecule has 0 N–H and O–H groups in total. The van der Waals surface area contributed by atoms with E-state index in [0.717, 1.165) is 92.8 Å². The zero-order valence-electron chi connectivity index (χ0n) is 70.6. The van der Waals surface area contributed by atoms with Crippen LogP contribution in [0, 0.1) is 0 Å². The van der Waals surface area contributed by atoms with Gasteiger partial charge in [0.25, 0.3) is 0 Å². The van der Waals surface area contributed by atoms with Crippen molar-refractivity contribution < 1.29 is 35.2 Å². The van der Waals surface area contributed by atoms with Gasteiger partial charge in [-0.15, -0.1) is 0 Å². The topological polar surface area (TPSA) is 39.4 Å². The molecule has 0 radical (unpaired) electrons. The van der Waals surface area contributed by atoms with Gasteiger partial charge in [-0.25, -0.2) is 0 Å². The molecule has 0 fully saturated rings. The zero-order chi connectivity index (χ0) is 81.6. The fourth-order valence-electron chi connectivity index (χ4n) is 16.1. The fraction of sp³-hybridized carbons (Fsp3) is 0. The Balaban J connectivity index is 0.000000148. The number of hydrogen-bond donors (Lipinski definition) is 0. The first-order valence-electron chi connectivity index (χ1n) is 42.1. The second kappa shape index (κ2) is 23.5. The predicted octanol–water partition coefficient (Wildman–Crippen LogP) is 28.8. The molecule has 0 atom stereocenters. The van der Waals surface area contributed by atoms with Gasteiger partial charge in [-0.2, -0.15) is 0 Å². The van der Waals surface area contributed by atoms with E-state index in [4.69, 9.17) is 24.2 Å². The molecule has 478 valence electrons. The maximum atomic E-state index is 9.62. The van der Waals surface area contributed by atoms with Gasteiger partial charge in [0.05, 0.1) is 21.9 Å². The van der Waals surface area contributed by atoms with Crippen LogP contribution < -0.4 is 0 Å². The maximum absolute atomic E-state index is 9.62. The Bertz CT molecular complexity index is 8100. The lowest BCUT2D eigenvalue weighted by molar-refractivity contribution is 0.668. The Labute approximate surface area is 615 Å². The van der Waals surface area contributed by atoms with Gasteiger partial charge in [0, 0.05) is 43.4 Å². The van der Waals surface area contributed by atoms with Crippen molar-refractivity contribution in [1.29, 1.82) is 0 Å². The van der Waals surface area contributed by atoms with Crippen molar-refractivity contribution in [2.75, 3.05) is 0 Å². The molecule has 103 heavy (non-hydrogen) atoms. The number of hydrogen-bond acceptors (Lipinski definition) is 3. The highest BCUT2D eigenvalue weighted by molar-refractivity contribution is 6.31. The van der Waals surface area contributed by atoms with Crippen LogP contribution in [0.25, 0.3) is 219 Å². The fourth-order valence-corrected chi connectivity index (χ4v) is 16.1. The summed E-state index contributed by atoms with van der Waals surface area (Å²) in [5.74, 6) is 0. The van der Waals surface area contributed by atoms with Crippen LogP contribution in [0.15, 0.2) is 377 Å². The average molecular weight is 1330 g/mol. The van der Waals surface area contributed by atoms with E-state index >= 15 is 0 Å². The van der Waals surface area contributed by atoms with Gasteiger partial charge in [0.2, 0.25) is 0 Å². The summed E-state index contributed by atoms with van der Waals surface area (Å²) in [5, 5.41) is 11.3. The van der Waals surface area contributed by atoms with Crippen molar-refractivity contribution in [1.82, 2.24) is 0 Å². The van der Waals surface area contributed by atoms with Gasteiger partial charge >= 0.3 is 0 Å². The quantitative estimate of drug-likeness (QED) is 0.149. The van der Waals surface area contributed by atoms with Crippen LogP contribution in [0.5, 0.6) is 0 Å². The normalized spacial score (nSPS) is 14.1. The van der Waals surface area contributed by atoms with E-state index < -0.39 is 48.3 Å². The Hall–Kier alpha value is -13.6. The molecule has 0 amide bonds. The average Bonchev–Trinajstić information content (AvgIpc) is 1.61. The van der Waals surface area contributed by atoms with Crippen LogP contribution in [-0.2, 0) is 0 Å². The molecule has 0 saturated carbocycles. The van der Waals surface area contributed by atoms with E-state index in [2.05, 4.69) is 36.4 Å². The monoisotopic (exact) mass is 1320 g/mol. The third-order valence-corrected chi connectivity index (χ3v) is 20.5. The zero-order valence-corrected chi connectivity index (χ0v) is 54.6.